The van der Waals surface area contributed by atoms with Crippen LogP contribution in [-0.2, 0) is 14.3 Å². The summed E-state index contributed by atoms with van der Waals surface area (Å²) in [6.07, 6.45) is 0. The predicted octanol–water partition coefficient (Wildman–Crippen LogP) is -0.278. The number of ether oxygens (including phenoxy) is 1. The molecule has 0 aromatic carbocycles. The molecule has 50 valence electrons. The number of hydrogen-bond donors (Lipinski definition) is 0. The van der Waals surface area contributed by atoms with Crippen molar-refractivity contribution < 1.29 is 14.3 Å². The van der Waals surface area contributed by atoms with Crippen LogP contribution in [0.5, 0.6) is 0 Å². The van der Waals surface area contributed by atoms with Crippen molar-refractivity contribution in [2.45, 2.75) is 0 Å². The molecule has 4 nitrogen and oxygen atoms in total. The van der Waals surface area contributed by atoms with Gasteiger partial charge in [0.1, 0.15) is 13.1 Å². The molecule has 0 atom stereocenters. The predicted molar refractivity (Wildman–Crippen MR) is 36.7 cm³/mol. The van der Waals surface area contributed by atoms with E-state index in [9.17, 15) is 9.59 Å². The highest BCUT2D eigenvalue weighted by Gasteiger charge is 2.22. The molecular formula is C4H4INO3. The maximum Gasteiger partial charge on any atom is 0.328 e. The normalized spacial score (nSPS) is 21.9. The van der Waals surface area contributed by atoms with Gasteiger partial charge in [0.25, 0.3) is 0 Å². The number of esters is 2. The summed E-state index contributed by atoms with van der Waals surface area (Å²) in [5, 5.41) is 0. The zero-order valence-corrected chi connectivity index (χ0v) is 6.62. The van der Waals surface area contributed by atoms with Crippen LogP contribution in [0.15, 0.2) is 0 Å². The molecule has 1 aliphatic rings. The highest BCUT2D eigenvalue weighted by molar-refractivity contribution is 14.1. The molecule has 0 spiro atoms. The number of morpholine rings is 1. The first-order chi connectivity index (χ1) is 4.18. The number of halogens is 1. The first kappa shape index (κ1) is 6.94. The van der Waals surface area contributed by atoms with Crippen LogP contribution < -0.4 is 0 Å². The minimum Gasteiger partial charge on any atom is -0.391 e. The Bertz CT molecular complexity index is 142. The molecule has 0 saturated carbocycles. The van der Waals surface area contributed by atoms with Gasteiger partial charge in [0, 0.05) is 22.9 Å². The second-order valence-electron chi connectivity index (χ2n) is 1.62. The Hall–Kier alpha value is -0.170. The second kappa shape index (κ2) is 2.61. The number of carbonyl (C=O) groups excluding carboxylic acids is 2. The SMILES string of the molecule is O=C1CN(I)CC(=O)O1. The van der Waals surface area contributed by atoms with Crippen LogP contribution in [-0.4, -0.2) is 28.1 Å². The molecule has 1 heterocycles. The molecule has 1 aliphatic heterocycles. The van der Waals surface area contributed by atoms with E-state index >= 15 is 0 Å². The van der Waals surface area contributed by atoms with Gasteiger partial charge >= 0.3 is 11.9 Å². The zero-order chi connectivity index (χ0) is 6.85. The number of cyclic esters (lactones) is 2. The summed E-state index contributed by atoms with van der Waals surface area (Å²) in [6.45, 7) is 0.401. The van der Waals surface area contributed by atoms with Crippen molar-refractivity contribution in [1.29, 1.82) is 0 Å². The van der Waals surface area contributed by atoms with Gasteiger partial charge in [-0.1, -0.05) is 0 Å². The van der Waals surface area contributed by atoms with Gasteiger partial charge in [-0.15, -0.1) is 0 Å². The van der Waals surface area contributed by atoms with Gasteiger partial charge < -0.3 is 4.74 Å². The van der Waals surface area contributed by atoms with Crippen molar-refractivity contribution in [3.63, 3.8) is 0 Å². The van der Waals surface area contributed by atoms with Crippen LogP contribution in [0.4, 0.5) is 0 Å². The highest BCUT2D eigenvalue weighted by Crippen LogP contribution is 2.04. The first-order valence-electron chi connectivity index (χ1n) is 2.33. The summed E-state index contributed by atoms with van der Waals surface area (Å²) in [6, 6.07) is 0. The van der Waals surface area contributed by atoms with Crippen molar-refractivity contribution in [1.82, 2.24) is 3.11 Å². The van der Waals surface area contributed by atoms with Crippen molar-refractivity contribution in [3.8, 4) is 0 Å². The summed E-state index contributed by atoms with van der Waals surface area (Å²) >= 11 is 1.90. The monoisotopic (exact) mass is 241 g/mol. The van der Waals surface area contributed by atoms with Crippen molar-refractivity contribution in [2.75, 3.05) is 13.1 Å². The van der Waals surface area contributed by atoms with Crippen LogP contribution in [0.1, 0.15) is 0 Å². The molecule has 5 heteroatoms. The lowest BCUT2D eigenvalue weighted by molar-refractivity contribution is -0.163. The zero-order valence-electron chi connectivity index (χ0n) is 4.46. The summed E-state index contributed by atoms with van der Waals surface area (Å²) in [7, 11) is 0. The third-order valence-electron chi connectivity index (χ3n) is 0.829. The minimum atomic E-state index is -0.472. The quantitative estimate of drug-likeness (QED) is 0.253. The Kier molecular flexibility index (Phi) is 2.01. The molecule has 0 aliphatic carbocycles. The van der Waals surface area contributed by atoms with E-state index in [2.05, 4.69) is 4.74 Å². The van der Waals surface area contributed by atoms with E-state index in [4.69, 9.17) is 0 Å². The fourth-order valence-corrected chi connectivity index (χ4v) is 1.08. The van der Waals surface area contributed by atoms with Gasteiger partial charge in [-0.05, 0) is 0 Å². The smallest absolute Gasteiger partial charge is 0.328 e. The van der Waals surface area contributed by atoms with Gasteiger partial charge in [-0.2, -0.15) is 0 Å². The Labute approximate surface area is 65.6 Å². The lowest BCUT2D eigenvalue weighted by Gasteiger charge is -2.16. The van der Waals surface area contributed by atoms with Crippen LogP contribution >= 0.6 is 22.9 Å². The number of hydrogen-bond acceptors (Lipinski definition) is 4. The summed E-state index contributed by atoms with van der Waals surface area (Å²) in [5.74, 6) is -0.943. The Morgan fingerprint density at radius 2 is 1.78 bits per heavy atom. The molecule has 0 aromatic rings. The van der Waals surface area contributed by atoms with Crippen molar-refractivity contribution in [2.24, 2.45) is 0 Å². The highest BCUT2D eigenvalue weighted by atomic mass is 127. The lowest BCUT2D eigenvalue weighted by Crippen LogP contribution is -2.36. The van der Waals surface area contributed by atoms with Gasteiger partial charge in [-0.3, -0.25) is 9.59 Å². The number of nitrogens with zero attached hydrogens (tertiary/aromatic N) is 1. The van der Waals surface area contributed by atoms with E-state index in [-0.39, 0.29) is 13.1 Å². The molecule has 9 heavy (non-hydrogen) atoms. The van der Waals surface area contributed by atoms with E-state index in [1.807, 2.05) is 22.9 Å². The lowest BCUT2D eigenvalue weighted by atomic mass is 10.5. The molecule has 0 amide bonds. The molecule has 0 radical (unpaired) electrons. The Morgan fingerprint density at radius 1 is 1.33 bits per heavy atom. The molecule has 0 unspecified atom stereocenters. The van der Waals surface area contributed by atoms with E-state index in [1.54, 1.807) is 3.11 Å². The van der Waals surface area contributed by atoms with Gasteiger partial charge in [0.05, 0.1) is 0 Å². The van der Waals surface area contributed by atoms with Gasteiger partial charge in [-0.25, -0.2) is 3.11 Å². The van der Waals surface area contributed by atoms with E-state index in [0.717, 1.165) is 0 Å². The number of rotatable bonds is 0. The van der Waals surface area contributed by atoms with E-state index in [0.29, 0.717) is 0 Å². The topological polar surface area (TPSA) is 46.6 Å². The first-order valence-corrected chi connectivity index (χ1v) is 3.29. The standard InChI is InChI=1S/C4H4INO3/c5-6-1-3(7)9-4(8)2-6/h1-2H2. The van der Waals surface area contributed by atoms with Crippen LogP contribution in [0.3, 0.4) is 0 Å². The average molecular weight is 241 g/mol. The van der Waals surface area contributed by atoms with E-state index in [1.165, 1.54) is 0 Å². The average Bonchev–Trinajstić information content (AvgIpc) is 1.59. The molecular weight excluding hydrogens is 237 g/mol. The molecule has 0 N–H and O–H groups in total. The number of carbonyl (C=O) groups is 2. The molecule has 0 bridgehead atoms. The Morgan fingerprint density at radius 3 is 2.11 bits per heavy atom. The molecule has 1 fully saturated rings. The summed E-state index contributed by atoms with van der Waals surface area (Å²) in [5.41, 5.74) is 0. The minimum absolute atomic E-state index is 0.201. The maximum atomic E-state index is 10.4. The second-order valence-corrected chi connectivity index (χ2v) is 2.99. The van der Waals surface area contributed by atoms with Crippen LogP contribution in [0.25, 0.3) is 0 Å². The van der Waals surface area contributed by atoms with Gasteiger partial charge in [0.2, 0.25) is 0 Å². The fourth-order valence-electron chi connectivity index (χ4n) is 0.528. The largest absolute Gasteiger partial charge is 0.391 e. The van der Waals surface area contributed by atoms with Crippen molar-refractivity contribution in [3.05, 3.63) is 0 Å². The third-order valence-corrected chi connectivity index (χ3v) is 1.51. The molecule has 1 rings (SSSR count). The summed E-state index contributed by atoms with van der Waals surface area (Å²) in [4.78, 5) is 20.8. The maximum absolute atomic E-state index is 10.4. The molecule has 0 aromatic heterocycles. The van der Waals surface area contributed by atoms with Crippen LogP contribution in [0.2, 0.25) is 0 Å². The van der Waals surface area contributed by atoms with Crippen LogP contribution in [0, 0.1) is 0 Å². The Balaban J connectivity index is 2.53. The molecule has 1 saturated heterocycles. The van der Waals surface area contributed by atoms with E-state index < -0.39 is 11.9 Å². The van der Waals surface area contributed by atoms with Gasteiger partial charge in [0.15, 0.2) is 0 Å². The third kappa shape index (κ3) is 1.90. The van der Waals surface area contributed by atoms with Crippen molar-refractivity contribution >= 4 is 34.8 Å². The fraction of sp³-hybridized carbons (Fsp3) is 0.500. The summed E-state index contributed by atoms with van der Waals surface area (Å²) < 4.78 is 5.81.